The van der Waals surface area contributed by atoms with Gasteiger partial charge in [-0.05, 0) is 47.2 Å². The number of thiocarbonyl (C=S) groups is 1. The van der Waals surface area contributed by atoms with Gasteiger partial charge in [-0.25, -0.2) is 9.66 Å². The van der Waals surface area contributed by atoms with Crippen LogP contribution in [0.5, 0.6) is 0 Å². The molecule has 0 aliphatic carbocycles. The summed E-state index contributed by atoms with van der Waals surface area (Å²) in [7, 11) is 0. The fraction of sp³-hybridized carbons (Fsp3) is 0.235. The number of nitrogens with one attached hydrogen (secondary N) is 4. The summed E-state index contributed by atoms with van der Waals surface area (Å²) < 4.78 is 2.83. The van der Waals surface area contributed by atoms with Gasteiger partial charge in [-0.15, -0.1) is 10.2 Å². The molecule has 4 N–H and O–H groups in total. The molecule has 1 aliphatic rings. The van der Waals surface area contributed by atoms with Crippen LogP contribution < -0.4 is 26.9 Å². The van der Waals surface area contributed by atoms with Gasteiger partial charge in [-0.2, -0.15) is 0 Å². The van der Waals surface area contributed by atoms with E-state index in [4.69, 9.17) is 12.2 Å². The summed E-state index contributed by atoms with van der Waals surface area (Å²) in [5, 5.41) is 17.3. The summed E-state index contributed by atoms with van der Waals surface area (Å²) in [6, 6.07) is 3.54. The number of rotatable bonds is 6. The Hall–Kier alpha value is -2.49. The summed E-state index contributed by atoms with van der Waals surface area (Å²) in [6.45, 7) is 1.99. The lowest BCUT2D eigenvalue weighted by Gasteiger charge is -2.22. The van der Waals surface area contributed by atoms with Gasteiger partial charge < -0.3 is 21.4 Å². The van der Waals surface area contributed by atoms with Crippen LogP contribution >= 0.6 is 55.4 Å². The van der Waals surface area contributed by atoms with Crippen molar-refractivity contribution < 1.29 is 9.59 Å². The zero-order valence-electron chi connectivity index (χ0n) is 16.2. The van der Waals surface area contributed by atoms with Crippen LogP contribution in [0.1, 0.15) is 10.8 Å². The Balaban J connectivity index is 1.44. The van der Waals surface area contributed by atoms with E-state index in [1.165, 1.54) is 16.0 Å². The lowest BCUT2D eigenvalue weighted by Crippen LogP contribution is -2.57. The Morgan fingerprint density at radius 2 is 1.91 bits per heavy atom. The van der Waals surface area contributed by atoms with Crippen LogP contribution in [-0.2, 0) is 16.1 Å². The van der Waals surface area contributed by atoms with E-state index in [1.54, 1.807) is 13.0 Å². The van der Waals surface area contributed by atoms with E-state index in [-0.39, 0.29) is 23.8 Å². The van der Waals surface area contributed by atoms with E-state index in [2.05, 4.69) is 68.4 Å². The van der Waals surface area contributed by atoms with E-state index in [0.29, 0.717) is 26.9 Å². The standard InChI is InChI=1S/C17H14Br2N8O3S2/c1-6-22-12-8(2-7(18)3-10(12)19)15(30)27(6)21-5-11-25-26-17(32-11)20-4-9-13(28)23-16(31)24-14(9)29/h2-3,9,21H,4-5H2,1H3,(H,20,26)(H2,23,24,28,29,31). The van der Waals surface area contributed by atoms with Gasteiger partial charge in [0.2, 0.25) is 16.9 Å². The van der Waals surface area contributed by atoms with E-state index in [0.717, 1.165) is 8.95 Å². The van der Waals surface area contributed by atoms with Gasteiger partial charge in [0.05, 0.1) is 17.4 Å². The molecule has 0 bridgehead atoms. The number of hydrogen-bond acceptors (Lipinski definition) is 10. The molecular formula is C17H14Br2N8O3S2. The summed E-state index contributed by atoms with van der Waals surface area (Å²) in [5.41, 5.74) is 3.35. The summed E-state index contributed by atoms with van der Waals surface area (Å²) >= 11 is 12.8. The van der Waals surface area contributed by atoms with Crippen LogP contribution in [0, 0.1) is 12.8 Å². The molecule has 3 aromatic rings. The van der Waals surface area contributed by atoms with Crippen molar-refractivity contribution in [2.45, 2.75) is 13.5 Å². The molecule has 3 heterocycles. The maximum absolute atomic E-state index is 12.9. The molecule has 11 nitrogen and oxygen atoms in total. The Morgan fingerprint density at radius 1 is 1.19 bits per heavy atom. The molecule has 0 atom stereocenters. The number of nitrogens with zero attached hydrogens (tertiary/aromatic N) is 4. The number of fused-ring (bicyclic) bond motifs is 1. The summed E-state index contributed by atoms with van der Waals surface area (Å²) in [5.74, 6) is -1.40. The number of anilines is 1. The number of benzene rings is 1. The van der Waals surface area contributed by atoms with Crippen LogP contribution in [0.2, 0.25) is 0 Å². The number of carbonyl (C=O) groups is 2. The van der Waals surface area contributed by atoms with E-state index in [1.807, 2.05) is 6.07 Å². The zero-order chi connectivity index (χ0) is 23.0. The average Bonchev–Trinajstić information content (AvgIpc) is 3.16. The van der Waals surface area contributed by atoms with Gasteiger partial charge in [-0.3, -0.25) is 14.4 Å². The van der Waals surface area contributed by atoms with Crippen molar-refractivity contribution in [3.05, 3.63) is 42.3 Å². The average molecular weight is 602 g/mol. The first-order chi connectivity index (χ1) is 15.2. The molecule has 0 radical (unpaired) electrons. The number of halogens is 2. The molecule has 1 saturated heterocycles. The first kappa shape index (κ1) is 22.7. The molecule has 1 fully saturated rings. The molecule has 32 heavy (non-hydrogen) atoms. The highest BCUT2D eigenvalue weighted by molar-refractivity contribution is 9.11. The number of amides is 2. The van der Waals surface area contributed by atoms with Crippen molar-refractivity contribution in [2.75, 3.05) is 17.3 Å². The highest BCUT2D eigenvalue weighted by atomic mass is 79.9. The highest BCUT2D eigenvalue weighted by Gasteiger charge is 2.32. The van der Waals surface area contributed by atoms with Crippen LogP contribution in [0.4, 0.5) is 5.13 Å². The molecule has 166 valence electrons. The quantitative estimate of drug-likeness (QED) is 0.243. The highest BCUT2D eigenvalue weighted by Crippen LogP contribution is 2.25. The third kappa shape index (κ3) is 4.65. The molecule has 1 aromatic carbocycles. The third-order valence-electron chi connectivity index (χ3n) is 4.48. The Bertz CT molecular complexity index is 1310. The molecule has 2 aromatic heterocycles. The lowest BCUT2D eigenvalue weighted by molar-refractivity contribution is -0.134. The summed E-state index contributed by atoms with van der Waals surface area (Å²) in [6.07, 6.45) is 0. The molecule has 15 heteroatoms. The third-order valence-corrected chi connectivity index (χ3v) is 6.63. The van der Waals surface area contributed by atoms with E-state index >= 15 is 0 Å². The molecular weight excluding hydrogens is 588 g/mol. The number of hydrogen-bond donors (Lipinski definition) is 4. The molecule has 4 rings (SSSR count). The van der Waals surface area contributed by atoms with Crippen molar-refractivity contribution in [2.24, 2.45) is 5.92 Å². The maximum atomic E-state index is 12.9. The minimum Gasteiger partial charge on any atom is -0.359 e. The maximum Gasteiger partial charge on any atom is 0.280 e. The van der Waals surface area contributed by atoms with Crippen molar-refractivity contribution in [1.82, 2.24) is 30.5 Å². The molecule has 0 saturated carbocycles. The van der Waals surface area contributed by atoms with Crippen LogP contribution in [0.3, 0.4) is 0 Å². The first-order valence-corrected chi connectivity index (χ1v) is 11.9. The van der Waals surface area contributed by atoms with Gasteiger partial charge in [0.15, 0.2) is 5.11 Å². The van der Waals surface area contributed by atoms with Crippen LogP contribution in [0.25, 0.3) is 10.9 Å². The first-order valence-electron chi connectivity index (χ1n) is 9.07. The second-order valence-electron chi connectivity index (χ2n) is 6.66. The minimum atomic E-state index is -0.935. The van der Waals surface area contributed by atoms with Crippen molar-refractivity contribution in [1.29, 1.82) is 0 Å². The fourth-order valence-electron chi connectivity index (χ4n) is 2.97. The normalized spacial score (nSPS) is 14.4. The second kappa shape index (κ2) is 9.17. The van der Waals surface area contributed by atoms with E-state index in [9.17, 15) is 14.4 Å². The Kier molecular flexibility index (Phi) is 6.50. The summed E-state index contributed by atoms with van der Waals surface area (Å²) in [4.78, 5) is 41.3. The Morgan fingerprint density at radius 3 is 2.62 bits per heavy atom. The number of aromatic nitrogens is 4. The van der Waals surface area contributed by atoms with Gasteiger partial charge in [0.1, 0.15) is 16.7 Å². The fourth-order valence-corrected chi connectivity index (χ4v) is 5.17. The predicted molar refractivity (Wildman–Crippen MR) is 130 cm³/mol. The van der Waals surface area contributed by atoms with Crippen molar-refractivity contribution in [3.63, 3.8) is 0 Å². The van der Waals surface area contributed by atoms with Gasteiger partial charge >= 0.3 is 0 Å². The molecule has 0 spiro atoms. The largest absolute Gasteiger partial charge is 0.359 e. The molecule has 0 unspecified atom stereocenters. The van der Waals surface area contributed by atoms with Gasteiger partial charge in [0, 0.05) is 15.5 Å². The smallest absolute Gasteiger partial charge is 0.280 e. The van der Waals surface area contributed by atoms with Crippen molar-refractivity contribution >= 4 is 88.4 Å². The SMILES string of the molecule is Cc1nc2c(Br)cc(Br)cc2c(=O)n1NCc1nnc(NCC2C(=O)NC(=S)NC2=O)s1. The zero-order valence-corrected chi connectivity index (χ0v) is 21.0. The van der Waals surface area contributed by atoms with Gasteiger partial charge in [-0.1, -0.05) is 27.3 Å². The molecule has 1 aliphatic heterocycles. The minimum absolute atomic E-state index is 0.00559. The number of carbonyl (C=O) groups excluding carboxylic acids is 2. The number of aryl methyl sites for hydroxylation is 1. The monoisotopic (exact) mass is 600 g/mol. The molecule has 2 amide bonds. The van der Waals surface area contributed by atoms with Crippen LogP contribution in [-0.4, -0.2) is 43.3 Å². The van der Waals surface area contributed by atoms with Crippen molar-refractivity contribution in [3.8, 4) is 0 Å². The predicted octanol–water partition coefficient (Wildman–Crippen LogP) is 1.38. The Labute approximate surface area is 206 Å². The second-order valence-corrected chi connectivity index (χ2v) is 9.90. The lowest BCUT2D eigenvalue weighted by atomic mass is 10.1. The van der Waals surface area contributed by atoms with Gasteiger partial charge in [0.25, 0.3) is 5.56 Å². The van der Waals surface area contributed by atoms with Crippen LogP contribution in [0.15, 0.2) is 25.9 Å². The topological polar surface area (TPSA) is 143 Å². The van der Waals surface area contributed by atoms with E-state index < -0.39 is 17.7 Å².